The molecule has 0 heterocycles. The Bertz CT molecular complexity index is 381. The SMILES string of the molecule is COC(=O)C(C)Cc1ccc(C(=O)O)cc1. The van der Waals surface area contributed by atoms with Crippen molar-refractivity contribution < 1.29 is 19.4 Å². The van der Waals surface area contributed by atoms with E-state index in [9.17, 15) is 9.59 Å². The fraction of sp³-hybridized carbons (Fsp3) is 0.333. The molecular weight excluding hydrogens is 208 g/mol. The van der Waals surface area contributed by atoms with Crippen molar-refractivity contribution in [2.24, 2.45) is 5.92 Å². The van der Waals surface area contributed by atoms with Crippen LogP contribution in [0.15, 0.2) is 24.3 Å². The van der Waals surface area contributed by atoms with Crippen LogP contribution in [0.2, 0.25) is 0 Å². The number of carbonyl (C=O) groups is 2. The Morgan fingerprint density at radius 2 is 1.88 bits per heavy atom. The number of rotatable bonds is 4. The molecule has 4 heteroatoms. The third-order valence-corrected chi connectivity index (χ3v) is 2.35. The van der Waals surface area contributed by atoms with Crippen molar-refractivity contribution in [3.8, 4) is 0 Å². The maximum atomic E-state index is 11.2. The van der Waals surface area contributed by atoms with Crippen LogP contribution in [0.5, 0.6) is 0 Å². The lowest BCUT2D eigenvalue weighted by Gasteiger charge is -2.08. The van der Waals surface area contributed by atoms with Crippen LogP contribution in [0.1, 0.15) is 22.8 Å². The van der Waals surface area contributed by atoms with E-state index in [4.69, 9.17) is 5.11 Å². The highest BCUT2D eigenvalue weighted by atomic mass is 16.5. The van der Waals surface area contributed by atoms with Gasteiger partial charge in [0, 0.05) is 0 Å². The number of hydrogen-bond donors (Lipinski definition) is 1. The Morgan fingerprint density at radius 1 is 1.31 bits per heavy atom. The van der Waals surface area contributed by atoms with Crippen molar-refractivity contribution in [3.05, 3.63) is 35.4 Å². The van der Waals surface area contributed by atoms with Crippen molar-refractivity contribution >= 4 is 11.9 Å². The molecule has 1 N–H and O–H groups in total. The lowest BCUT2D eigenvalue weighted by Crippen LogP contribution is -2.15. The first kappa shape index (κ1) is 12.2. The van der Waals surface area contributed by atoms with Gasteiger partial charge in [0.1, 0.15) is 0 Å². The molecule has 4 nitrogen and oxygen atoms in total. The molecule has 1 unspecified atom stereocenters. The molecule has 86 valence electrons. The van der Waals surface area contributed by atoms with E-state index in [1.54, 1.807) is 19.1 Å². The Balaban J connectivity index is 2.68. The number of hydrogen-bond acceptors (Lipinski definition) is 3. The molecular formula is C12H14O4. The molecule has 1 rings (SSSR count). The van der Waals surface area contributed by atoms with Gasteiger partial charge in [0.05, 0.1) is 18.6 Å². The Hall–Kier alpha value is -1.84. The normalized spacial score (nSPS) is 11.9. The maximum absolute atomic E-state index is 11.2. The summed E-state index contributed by atoms with van der Waals surface area (Å²) in [5, 5.41) is 8.71. The predicted molar refractivity (Wildman–Crippen MR) is 58.3 cm³/mol. The zero-order chi connectivity index (χ0) is 12.1. The summed E-state index contributed by atoms with van der Waals surface area (Å²) in [7, 11) is 1.35. The second-order valence-electron chi connectivity index (χ2n) is 3.63. The van der Waals surface area contributed by atoms with Crippen LogP contribution in [0, 0.1) is 5.92 Å². The van der Waals surface area contributed by atoms with Gasteiger partial charge in [-0.15, -0.1) is 0 Å². The molecule has 0 aliphatic heterocycles. The fourth-order valence-corrected chi connectivity index (χ4v) is 1.42. The van der Waals surface area contributed by atoms with E-state index in [2.05, 4.69) is 4.74 Å². The lowest BCUT2D eigenvalue weighted by atomic mass is 10.0. The minimum absolute atomic E-state index is 0.222. The van der Waals surface area contributed by atoms with E-state index >= 15 is 0 Å². The Labute approximate surface area is 93.9 Å². The van der Waals surface area contributed by atoms with Crippen LogP contribution >= 0.6 is 0 Å². The number of carboxylic acid groups (broad SMARTS) is 1. The fourth-order valence-electron chi connectivity index (χ4n) is 1.42. The summed E-state index contributed by atoms with van der Waals surface area (Å²) in [6.07, 6.45) is 0.548. The summed E-state index contributed by atoms with van der Waals surface area (Å²) in [4.78, 5) is 21.8. The molecule has 1 atom stereocenters. The summed E-state index contributed by atoms with van der Waals surface area (Å²) in [5.74, 6) is -1.43. The van der Waals surface area contributed by atoms with Crippen molar-refractivity contribution in [2.45, 2.75) is 13.3 Å². The van der Waals surface area contributed by atoms with Crippen molar-refractivity contribution in [2.75, 3.05) is 7.11 Å². The van der Waals surface area contributed by atoms with Crippen LogP contribution < -0.4 is 0 Å². The average molecular weight is 222 g/mol. The number of carbonyl (C=O) groups excluding carboxylic acids is 1. The molecule has 0 saturated carbocycles. The quantitative estimate of drug-likeness (QED) is 0.788. The average Bonchev–Trinajstić information content (AvgIpc) is 2.28. The largest absolute Gasteiger partial charge is 0.478 e. The van der Waals surface area contributed by atoms with Gasteiger partial charge in [-0.25, -0.2) is 4.79 Å². The first-order valence-electron chi connectivity index (χ1n) is 4.94. The highest BCUT2D eigenvalue weighted by molar-refractivity contribution is 5.87. The van der Waals surface area contributed by atoms with Crippen LogP contribution in [0.25, 0.3) is 0 Å². The summed E-state index contributed by atoms with van der Waals surface area (Å²) in [5.41, 5.74) is 1.16. The van der Waals surface area contributed by atoms with Crippen LogP contribution in [-0.2, 0) is 16.0 Å². The molecule has 0 bridgehead atoms. The van der Waals surface area contributed by atoms with Crippen molar-refractivity contribution in [1.82, 2.24) is 0 Å². The molecule has 0 aromatic heterocycles. The van der Waals surface area contributed by atoms with E-state index in [1.165, 1.54) is 19.2 Å². The Morgan fingerprint density at radius 3 is 2.31 bits per heavy atom. The second-order valence-corrected chi connectivity index (χ2v) is 3.63. The van der Waals surface area contributed by atoms with Crippen molar-refractivity contribution in [3.63, 3.8) is 0 Å². The minimum Gasteiger partial charge on any atom is -0.478 e. The number of methoxy groups -OCH3 is 1. The maximum Gasteiger partial charge on any atom is 0.335 e. The van der Waals surface area contributed by atoms with Gasteiger partial charge in [0.2, 0.25) is 0 Å². The number of aromatic carboxylic acids is 1. The van der Waals surface area contributed by atoms with Crippen LogP contribution in [0.4, 0.5) is 0 Å². The highest BCUT2D eigenvalue weighted by Crippen LogP contribution is 2.11. The molecule has 1 aromatic rings. The topological polar surface area (TPSA) is 63.6 Å². The third-order valence-electron chi connectivity index (χ3n) is 2.35. The van der Waals surface area contributed by atoms with Gasteiger partial charge in [-0.3, -0.25) is 4.79 Å². The highest BCUT2D eigenvalue weighted by Gasteiger charge is 2.13. The molecule has 0 fully saturated rings. The number of esters is 1. The van der Waals surface area contributed by atoms with Gasteiger partial charge in [-0.1, -0.05) is 19.1 Å². The molecule has 0 amide bonds. The van der Waals surface area contributed by atoms with E-state index in [1.807, 2.05) is 0 Å². The molecule has 0 spiro atoms. The molecule has 16 heavy (non-hydrogen) atoms. The van der Waals surface area contributed by atoms with Gasteiger partial charge in [0.25, 0.3) is 0 Å². The second kappa shape index (κ2) is 5.30. The monoisotopic (exact) mass is 222 g/mol. The summed E-state index contributed by atoms with van der Waals surface area (Å²) < 4.78 is 4.61. The lowest BCUT2D eigenvalue weighted by molar-refractivity contribution is -0.144. The number of benzene rings is 1. The summed E-state index contributed by atoms with van der Waals surface area (Å²) >= 11 is 0. The first-order valence-corrected chi connectivity index (χ1v) is 4.94. The molecule has 0 radical (unpaired) electrons. The Kier molecular flexibility index (Phi) is 4.05. The van der Waals surface area contributed by atoms with Crippen molar-refractivity contribution in [1.29, 1.82) is 0 Å². The van der Waals surface area contributed by atoms with Gasteiger partial charge < -0.3 is 9.84 Å². The zero-order valence-corrected chi connectivity index (χ0v) is 9.27. The predicted octanol–water partition coefficient (Wildman–Crippen LogP) is 1.74. The van der Waals surface area contributed by atoms with Gasteiger partial charge in [-0.05, 0) is 24.1 Å². The zero-order valence-electron chi connectivity index (χ0n) is 9.27. The van der Waals surface area contributed by atoms with Gasteiger partial charge in [0.15, 0.2) is 0 Å². The smallest absolute Gasteiger partial charge is 0.335 e. The first-order chi connectivity index (χ1) is 7.54. The number of carboxylic acids is 1. The minimum atomic E-state index is -0.951. The summed E-state index contributed by atoms with van der Waals surface area (Å²) in [6, 6.07) is 6.48. The van der Waals surface area contributed by atoms with Gasteiger partial charge >= 0.3 is 11.9 Å². The third kappa shape index (κ3) is 3.08. The number of ether oxygens (including phenoxy) is 1. The van der Waals surface area contributed by atoms with E-state index < -0.39 is 5.97 Å². The standard InChI is InChI=1S/C12H14O4/c1-8(12(15)16-2)7-9-3-5-10(6-4-9)11(13)14/h3-6,8H,7H2,1-2H3,(H,13,14). The summed E-state index contributed by atoms with van der Waals surface area (Å²) in [6.45, 7) is 1.77. The molecule has 0 aliphatic rings. The molecule has 0 aliphatic carbocycles. The van der Waals surface area contributed by atoms with Crippen LogP contribution in [0.3, 0.4) is 0 Å². The van der Waals surface area contributed by atoms with Crippen LogP contribution in [-0.4, -0.2) is 24.2 Å². The van der Waals surface area contributed by atoms with E-state index in [0.29, 0.717) is 6.42 Å². The van der Waals surface area contributed by atoms with E-state index in [0.717, 1.165) is 5.56 Å². The van der Waals surface area contributed by atoms with Gasteiger partial charge in [-0.2, -0.15) is 0 Å². The molecule has 1 aromatic carbocycles. The van der Waals surface area contributed by atoms with E-state index in [-0.39, 0.29) is 17.5 Å². The molecule has 0 saturated heterocycles.